The molecule has 146 valence electrons. The summed E-state index contributed by atoms with van der Waals surface area (Å²) in [4.78, 5) is 0. The second kappa shape index (κ2) is 13.3. The zero-order valence-electron chi connectivity index (χ0n) is 17.0. The van der Waals surface area contributed by atoms with Crippen LogP contribution in [-0.4, -0.2) is 12.7 Å². The first-order valence-electron chi connectivity index (χ1n) is 10.7. The Morgan fingerprint density at radius 3 is 1.81 bits per heavy atom. The topological polar surface area (TPSA) is 9.23 Å². The molecule has 0 heterocycles. The molecule has 0 saturated heterocycles. The summed E-state index contributed by atoms with van der Waals surface area (Å²) in [5.74, 6) is 0.267. The summed E-state index contributed by atoms with van der Waals surface area (Å²) in [6.07, 6.45) is 12.5. The SMILES string of the molecule is C=CC(CCCCCCCCC)OCC(c1ccccc1)c1ccccc1. The standard InChI is InChI=1S/C26H36O/c1-3-5-6-7-8-9-16-21-25(4-2)27-22-26(23-17-12-10-13-18-23)24-19-14-11-15-20-24/h4,10-15,17-20,25-26H,2-3,5-9,16,21-22H2,1H3. The third-order valence-corrected chi connectivity index (χ3v) is 5.24. The average Bonchev–Trinajstić information content (AvgIpc) is 2.73. The normalized spacial score (nSPS) is 12.2. The second-order valence-electron chi connectivity index (χ2n) is 7.39. The molecule has 1 atom stereocenters. The van der Waals surface area contributed by atoms with E-state index in [9.17, 15) is 0 Å². The lowest BCUT2D eigenvalue weighted by atomic mass is 9.92. The molecule has 2 aromatic rings. The number of benzene rings is 2. The van der Waals surface area contributed by atoms with E-state index in [0.29, 0.717) is 6.61 Å². The van der Waals surface area contributed by atoms with Crippen LogP contribution in [0.25, 0.3) is 0 Å². The highest BCUT2D eigenvalue weighted by atomic mass is 16.5. The van der Waals surface area contributed by atoms with E-state index in [1.165, 1.54) is 56.1 Å². The summed E-state index contributed by atoms with van der Waals surface area (Å²) in [7, 11) is 0. The molecule has 1 unspecified atom stereocenters. The molecule has 2 aromatic carbocycles. The lowest BCUT2D eigenvalue weighted by molar-refractivity contribution is 0.0724. The van der Waals surface area contributed by atoms with Crippen LogP contribution in [0.3, 0.4) is 0 Å². The fraction of sp³-hybridized carbons (Fsp3) is 0.462. The second-order valence-corrected chi connectivity index (χ2v) is 7.39. The van der Waals surface area contributed by atoms with Crippen molar-refractivity contribution in [3.8, 4) is 0 Å². The van der Waals surface area contributed by atoms with Gasteiger partial charge in [-0.25, -0.2) is 0 Å². The molecule has 27 heavy (non-hydrogen) atoms. The molecular formula is C26H36O. The zero-order valence-corrected chi connectivity index (χ0v) is 17.0. The van der Waals surface area contributed by atoms with Gasteiger partial charge in [0.1, 0.15) is 0 Å². The first-order valence-corrected chi connectivity index (χ1v) is 10.7. The molecule has 0 aromatic heterocycles. The lowest BCUT2D eigenvalue weighted by Gasteiger charge is -2.21. The summed E-state index contributed by atoms with van der Waals surface area (Å²) < 4.78 is 6.29. The molecule has 2 rings (SSSR count). The van der Waals surface area contributed by atoms with Gasteiger partial charge in [0.05, 0.1) is 12.7 Å². The Morgan fingerprint density at radius 1 is 0.778 bits per heavy atom. The highest BCUT2D eigenvalue weighted by molar-refractivity contribution is 5.32. The van der Waals surface area contributed by atoms with Crippen molar-refractivity contribution in [2.24, 2.45) is 0 Å². The van der Waals surface area contributed by atoms with E-state index < -0.39 is 0 Å². The maximum absolute atomic E-state index is 6.29. The molecule has 0 aliphatic rings. The van der Waals surface area contributed by atoms with Crippen molar-refractivity contribution >= 4 is 0 Å². The van der Waals surface area contributed by atoms with Crippen LogP contribution in [0.2, 0.25) is 0 Å². The molecule has 0 spiro atoms. The largest absolute Gasteiger partial charge is 0.373 e. The molecule has 1 nitrogen and oxygen atoms in total. The van der Waals surface area contributed by atoms with Crippen LogP contribution in [0.5, 0.6) is 0 Å². The van der Waals surface area contributed by atoms with Gasteiger partial charge in [-0.05, 0) is 17.5 Å². The third-order valence-electron chi connectivity index (χ3n) is 5.24. The molecule has 0 bridgehead atoms. The Labute approximate surface area is 166 Å². The van der Waals surface area contributed by atoms with Gasteiger partial charge in [0.15, 0.2) is 0 Å². The van der Waals surface area contributed by atoms with Gasteiger partial charge in [-0.15, -0.1) is 6.58 Å². The summed E-state index contributed by atoms with van der Waals surface area (Å²) in [6, 6.07) is 21.3. The van der Waals surface area contributed by atoms with Gasteiger partial charge in [0.25, 0.3) is 0 Å². The van der Waals surface area contributed by atoms with Crippen molar-refractivity contribution in [3.05, 3.63) is 84.4 Å². The van der Waals surface area contributed by atoms with Gasteiger partial charge in [0.2, 0.25) is 0 Å². The number of rotatable bonds is 14. The summed E-state index contributed by atoms with van der Waals surface area (Å²) in [5.41, 5.74) is 2.62. The Morgan fingerprint density at radius 2 is 1.30 bits per heavy atom. The van der Waals surface area contributed by atoms with Gasteiger partial charge in [-0.1, -0.05) is 119 Å². The Bertz CT molecular complexity index is 565. The molecule has 0 aliphatic carbocycles. The van der Waals surface area contributed by atoms with E-state index in [2.05, 4.69) is 74.2 Å². The minimum absolute atomic E-state index is 0.149. The van der Waals surface area contributed by atoms with E-state index in [4.69, 9.17) is 4.74 Å². The van der Waals surface area contributed by atoms with Crippen molar-refractivity contribution in [3.63, 3.8) is 0 Å². The molecule has 0 fully saturated rings. The van der Waals surface area contributed by atoms with Crippen LogP contribution in [0.1, 0.15) is 75.3 Å². The highest BCUT2D eigenvalue weighted by Crippen LogP contribution is 2.26. The van der Waals surface area contributed by atoms with Crippen molar-refractivity contribution in [1.82, 2.24) is 0 Å². The van der Waals surface area contributed by atoms with Crippen LogP contribution in [0.4, 0.5) is 0 Å². The Hall–Kier alpha value is -1.86. The van der Waals surface area contributed by atoms with E-state index in [0.717, 1.165) is 6.42 Å². The van der Waals surface area contributed by atoms with Crippen molar-refractivity contribution in [2.75, 3.05) is 6.61 Å². The smallest absolute Gasteiger partial charge is 0.0753 e. The van der Waals surface area contributed by atoms with E-state index in [-0.39, 0.29) is 12.0 Å². The predicted molar refractivity (Wildman–Crippen MR) is 117 cm³/mol. The minimum atomic E-state index is 0.149. The van der Waals surface area contributed by atoms with E-state index in [1.54, 1.807) is 0 Å². The van der Waals surface area contributed by atoms with Gasteiger partial charge >= 0.3 is 0 Å². The molecule has 0 aliphatic heterocycles. The van der Waals surface area contributed by atoms with Gasteiger partial charge in [0, 0.05) is 5.92 Å². The maximum atomic E-state index is 6.29. The zero-order chi connectivity index (χ0) is 19.2. The van der Waals surface area contributed by atoms with Crippen molar-refractivity contribution in [1.29, 1.82) is 0 Å². The fourth-order valence-corrected chi connectivity index (χ4v) is 3.55. The molecule has 0 radical (unpaired) electrons. The first kappa shape index (κ1) is 21.4. The van der Waals surface area contributed by atoms with Gasteiger partial charge in [-0.3, -0.25) is 0 Å². The molecule has 0 N–H and O–H groups in total. The number of hydrogen-bond donors (Lipinski definition) is 0. The maximum Gasteiger partial charge on any atom is 0.0753 e. The predicted octanol–water partition coefficient (Wildman–Crippen LogP) is 7.53. The van der Waals surface area contributed by atoms with E-state index in [1.807, 2.05) is 6.08 Å². The van der Waals surface area contributed by atoms with Gasteiger partial charge in [-0.2, -0.15) is 0 Å². The van der Waals surface area contributed by atoms with Crippen LogP contribution in [0.15, 0.2) is 73.3 Å². The number of hydrogen-bond acceptors (Lipinski definition) is 1. The van der Waals surface area contributed by atoms with Crippen LogP contribution < -0.4 is 0 Å². The minimum Gasteiger partial charge on any atom is -0.373 e. The fourth-order valence-electron chi connectivity index (χ4n) is 3.55. The van der Waals surface area contributed by atoms with Crippen LogP contribution >= 0.6 is 0 Å². The first-order chi connectivity index (χ1) is 13.3. The monoisotopic (exact) mass is 364 g/mol. The van der Waals surface area contributed by atoms with Crippen LogP contribution in [-0.2, 0) is 4.74 Å². The van der Waals surface area contributed by atoms with Gasteiger partial charge < -0.3 is 4.74 Å². The Balaban J connectivity index is 1.83. The highest BCUT2D eigenvalue weighted by Gasteiger charge is 2.16. The molecular weight excluding hydrogens is 328 g/mol. The molecule has 0 saturated carbocycles. The number of unbranched alkanes of at least 4 members (excludes halogenated alkanes) is 6. The average molecular weight is 365 g/mol. The van der Waals surface area contributed by atoms with E-state index >= 15 is 0 Å². The summed E-state index contributed by atoms with van der Waals surface area (Å²) >= 11 is 0. The summed E-state index contributed by atoms with van der Waals surface area (Å²) in [6.45, 7) is 6.96. The quantitative estimate of drug-likeness (QED) is 0.249. The van der Waals surface area contributed by atoms with Crippen LogP contribution in [0, 0.1) is 0 Å². The van der Waals surface area contributed by atoms with Crippen molar-refractivity contribution < 1.29 is 4.74 Å². The Kier molecular flexibility index (Phi) is 10.6. The molecule has 1 heteroatoms. The van der Waals surface area contributed by atoms with Crippen molar-refractivity contribution in [2.45, 2.75) is 70.3 Å². The lowest BCUT2D eigenvalue weighted by Crippen LogP contribution is -2.16. The summed E-state index contributed by atoms with van der Waals surface area (Å²) in [5, 5.41) is 0. The number of ether oxygens (including phenoxy) is 1. The third kappa shape index (κ3) is 8.13. The molecule has 0 amide bonds.